The number of rotatable bonds is 4. The van der Waals surface area contributed by atoms with E-state index in [4.69, 9.17) is 4.74 Å². The Bertz CT molecular complexity index is 569. The third kappa shape index (κ3) is 2.96. The summed E-state index contributed by atoms with van der Waals surface area (Å²) in [5.41, 5.74) is 0.408. The van der Waals surface area contributed by atoms with Crippen LogP contribution < -0.4 is 0 Å². The van der Waals surface area contributed by atoms with Crippen LogP contribution in [0.4, 0.5) is 8.78 Å². The summed E-state index contributed by atoms with van der Waals surface area (Å²) in [6.45, 7) is 1.74. The van der Waals surface area contributed by atoms with Gasteiger partial charge in [0.05, 0.1) is 6.61 Å². The number of thiazole rings is 1. The Morgan fingerprint density at radius 3 is 2.63 bits per heavy atom. The minimum Gasteiger partial charge on any atom is -0.461 e. The quantitative estimate of drug-likeness (QED) is 0.798. The highest BCUT2D eigenvalue weighted by Crippen LogP contribution is 2.34. The summed E-state index contributed by atoms with van der Waals surface area (Å²) >= 11 is 0.813. The predicted octanol–water partition coefficient (Wildman–Crippen LogP) is 3.92. The summed E-state index contributed by atoms with van der Waals surface area (Å²) in [4.78, 5) is 15.2. The van der Waals surface area contributed by atoms with Crippen LogP contribution in [-0.2, 0) is 4.74 Å². The van der Waals surface area contributed by atoms with Gasteiger partial charge in [0.2, 0.25) is 0 Å². The van der Waals surface area contributed by atoms with E-state index in [1.54, 1.807) is 31.2 Å². The Morgan fingerprint density at radius 1 is 1.37 bits per heavy atom. The summed E-state index contributed by atoms with van der Waals surface area (Å²) in [6.07, 6.45) is -2.74. The van der Waals surface area contributed by atoms with Gasteiger partial charge in [0.25, 0.3) is 6.43 Å². The maximum Gasteiger partial charge on any atom is 0.358 e. The lowest BCUT2D eigenvalue weighted by atomic mass is 10.2. The van der Waals surface area contributed by atoms with Crippen LogP contribution >= 0.6 is 11.3 Å². The molecule has 0 saturated carbocycles. The average Bonchev–Trinajstić information content (AvgIpc) is 2.85. The molecule has 0 unspecified atom stereocenters. The normalized spacial score (nSPS) is 10.7. The molecule has 0 aliphatic heterocycles. The lowest BCUT2D eigenvalue weighted by Crippen LogP contribution is -2.07. The monoisotopic (exact) mass is 283 g/mol. The van der Waals surface area contributed by atoms with Gasteiger partial charge in [-0.05, 0) is 6.92 Å². The molecule has 0 fully saturated rings. The fraction of sp³-hybridized carbons (Fsp3) is 0.231. The molecule has 3 nitrogen and oxygen atoms in total. The maximum absolute atomic E-state index is 12.9. The summed E-state index contributed by atoms with van der Waals surface area (Å²) < 4.78 is 30.6. The van der Waals surface area contributed by atoms with Crippen molar-refractivity contribution >= 4 is 17.3 Å². The molecule has 2 aromatic rings. The molecular weight excluding hydrogens is 272 g/mol. The van der Waals surface area contributed by atoms with Crippen LogP contribution in [0, 0.1) is 0 Å². The molecule has 2 rings (SSSR count). The molecule has 0 radical (unpaired) electrons. The second-order valence-electron chi connectivity index (χ2n) is 3.62. The molecule has 0 bridgehead atoms. The smallest absolute Gasteiger partial charge is 0.358 e. The van der Waals surface area contributed by atoms with Crippen LogP contribution in [0.5, 0.6) is 0 Å². The SMILES string of the molecule is CCOC(=O)c1nc(-c2ccccc2)sc1C(F)F. The number of aromatic nitrogens is 1. The van der Waals surface area contributed by atoms with Crippen molar-refractivity contribution in [2.45, 2.75) is 13.3 Å². The fourth-order valence-electron chi connectivity index (χ4n) is 1.53. The van der Waals surface area contributed by atoms with E-state index in [1.807, 2.05) is 6.07 Å². The Morgan fingerprint density at radius 2 is 2.05 bits per heavy atom. The van der Waals surface area contributed by atoms with E-state index in [0.717, 1.165) is 11.3 Å². The summed E-state index contributed by atoms with van der Waals surface area (Å²) in [7, 11) is 0. The number of nitrogens with zero attached hydrogens (tertiary/aromatic N) is 1. The molecule has 6 heteroatoms. The zero-order chi connectivity index (χ0) is 13.8. The highest BCUT2D eigenvalue weighted by Gasteiger charge is 2.25. The van der Waals surface area contributed by atoms with E-state index < -0.39 is 12.4 Å². The van der Waals surface area contributed by atoms with Crippen molar-refractivity contribution in [2.75, 3.05) is 6.61 Å². The molecule has 0 atom stereocenters. The van der Waals surface area contributed by atoms with Crippen LogP contribution in [-0.4, -0.2) is 17.6 Å². The number of alkyl halides is 2. The average molecular weight is 283 g/mol. The number of hydrogen-bond acceptors (Lipinski definition) is 4. The van der Waals surface area contributed by atoms with Gasteiger partial charge in [-0.1, -0.05) is 30.3 Å². The number of hydrogen-bond donors (Lipinski definition) is 0. The van der Waals surface area contributed by atoms with Crippen LogP contribution in [0.3, 0.4) is 0 Å². The minimum atomic E-state index is -2.74. The van der Waals surface area contributed by atoms with E-state index in [-0.39, 0.29) is 17.2 Å². The summed E-state index contributed by atoms with van der Waals surface area (Å²) in [5, 5.41) is 0.388. The van der Waals surface area contributed by atoms with Gasteiger partial charge in [-0.2, -0.15) is 0 Å². The Hall–Kier alpha value is -1.82. The predicted molar refractivity (Wildman–Crippen MR) is 68.5 cm³/mol. The molecule has 0 saturated heterocycles. The third-order valence-corrected chi connectivity index (χ3v) is 3.45. The van der Waals surface area contributed by atoms with Crippen molar-refractivity contribution in [1.82, 2.24) is 4.98 Å². The van der Waals surface area contributed by atoms with E-state index in [9.17, 15) is 13.6 Å². The number of ether oxygens (including phenoxy) is 1. The largest absolute Gasteiger partial charge is 0.461 e. The van der Waals surface area contributed by atoms with Crippen LogP contribution in [0.2, 0.25) is 0 Å². The van der Waals surface area contributed by atoms with E-state index >= 15 is 0 Å². The second-order valence-corrected chi connectivity index (χ2v) is 4.65. The van der Waals surface area contributed by atoms with Crippen molar-refractivity contribution < 1.29 is 18.3 Å². The van der Waals surface area contributed by atoms with E-state index in [2.05, 4.69) is 4.98 Å². The Kier molecular flexibility index (Phi) is 4.21. The molecule has 19 heavy (non-hydrogen) atoms. The molecule has 1 aromatic heterocycles. The van der Waals surface area contributed by atoms with Gasteiger partial charge >= 0.3 is 5.97 Å². The van der Waals surface area contributed by atoms with E-state index in [0.29, 0.717) is 10.6 Å². The Balaban J connectivity index is 2.44. The third-order valence-electron chi connectivity index (χ3n) is 2.34. The standard InChI is InChI=1S/C13H11F2NO2S/c1-2-18-13(17)9-10(11(14)15)19-12(16-9)8-6-4-3-5-7-8/h3-7,11H,2H2,1H3. The lowest BCUT2D eigenvalue weighted by Gasteiger charge is -2.00. The molecule has 0 amide bonds. The van der Waals surface area contributed by atoms with Crippen molar-refractivity contribution in [2.24, 2.45) is 0 Å². The number of carbonyl (C=O) groups excluding carboxylic acids is 1. The van der Waals surface area contributed by atoms with Gasteiger partial charge in [-0.15, -0.1) is 11.3 Å². The van der Waals surface area contributed by atoms with Gasteiger partial charge in [0.15, 0.2) is 5.69 Å². The topological polar surface area (TPSA) is 39.2 Å². The first kappa shape index (κ1) is 13.6. The first-order valence-electron chi connectivity index (χ1n) is 5.65. The molecule has 1 heterocycles. The molecule has 0 aliphatic carbocycles. The first-order valence-corrected chi connectivity index (χ1v) is 6.46. The first-order chi connectivity index (χ1) is 9.13. The van der Waals surface area contributed by atoms with Crippen molar-refractivity contribution in [3.05, 3.63) is 40.9 Å². The summed E-state index contributed by atoms with van der Waals surface area (Å²) in [6, 6.07) is 8.88. The van der Waals surface area contributed by atoms with Gasteiger partial charge in [0, 0.05) is 5.56 Å². The van der Waals surface area contributed by atoms with Gasteiger partial charge in [0.1, 0.15) is 9.88 Å². The zero-order valence-corrected chi connectivity index (χ0v) is 10.9. The molecule has 0 N–H and O–H groups in total. The molecule has 100 valence electrons. The highest BCUT2D eigenvalue weighted by atomic mass is 32.1. The number of halogens is 2. The summed E-state index contributed by atoms with van der Waals surface area (Å²) in [5.74, 6) is -0.809. The molecule has 0 aliphatic rings. The van der Waals surface area contributed by atoms with Crippen molar-refractivity contribution in [3.63, 3.8) is 0 Å². The minimum absolute atomic E-state index is 0.125. The number of benzene rings is 1. The lowest BCUT2D eigenvalue weighted by molar-refractivity contribution is 0.0510. The molecular formula is C13H11F2NO2S. The second kappa shape index (κ2) is 5.88. The zero-order valence-electron chi connectivity index (χ0n) is 10.1. The van der Waals surface area contributed by atoms with Crippen LogP contribution in [0.25, 0.3) is 10.6 Å². The Labute approximate surface area is 112 Å². The maximum atomic E-state index is 12.9. The van der Waals surface area contributed by atoms with Gasteiger partial charge in [-0.3, -0.25) is 0 Å². The van der Waals surface area contributed by atoms with Gasteiger partial charge < -0.3 is 4.74 Å². The van der Waals surface area contributed by atoms with Crippen LogP contribution in [0.1, 0.15) is 28.7 Å². The van der Waals surface area contributed by atoms with Gasteiger partial charge in [-0.25, -0.2) is 18.6 Å². The van der Waals surface area contributed by atoms with Crippen molar-refractivity contribution in [1.29, 1.82) is 0 Å². The molecule has 0 spiro atoms. The number of esters is 1. The van der Waals surface area contributed by atoms with Crippen LogP contribution in [0.15, 0.2) is 30.3 Å². The number of carbonyl (C=O) groups is 1. The highest BCUT2D eigenvalue weighted by molar-refractivity contribution is 7.15. The fourth-order valence-corrected chi connectivity index (χ4v) is 2.44. The van der Waals surface area contributed by atoms with Crippen molar-refractivity contribution in [3.8, 4) is 10.6 Å². The molecule has 1 aromatic carbocycles. The van der Waals surface area contributed by atoms with E-state index in [1.165, 1.54) is 0 Å².